The molecule has 0 amide bonds. The molecule has 2 aromatic rings. The Bertz CT molecular complexity index is 490. The van der Waals surface area contributed by atoms with Gasteiger partial charge in [-0.3, -0.25) is 0 Å². The van der Waals surface area contributed by atoms with Crippen molar-refractivity contribution in [1.29, 1.82) is 0 Å². The Balaban J connectivity index is 0.00000180. The maximum absolute atomic E-state index is 8.98. The smallest absolute Gasteiger partial charge is 0.257 e. The molecule has 1 aromatic heterocycles. The van der Waals surface area contributed by atoms with E-state index in [4.69, 9.17) is 15.4 Å². The minimum atomic E-state index is -0.260. The minimum absolute atomic E-state index is 0. The van der Waals surface area contributed by atoms with Crippen LogP contribution in [-0.2, 0) is 6.42 Å². The quantitative estimate of drug-likeness (QED) is 0.872. The minimum Gasteiger partial charge on any atom is -0.395 e. The molecule has 0 aliphatic carbocycles. The van der Waals surface area contributed by atoms with Crippen molar-refractivity contribution in [2.45, 2.75) is 19.4 Å². The van der Waals surface area contributed by atoms with Crippen LogP contribution in [-0.4, -0.2) is 27.9 Å². The molecule has 3 N–H and O–H groups in total. The summed E-state index contributed by atoms with van der Waals surface area (Å²) in [5.74, 6) is 1.23. The topological polar surface area (TPSA) is 85.2 Å². The first-order valence-electron chi connectivity index (χ1n) is 5.95. The number of nitrogens with two attached hydrogens (primary N) is 1. The molecule has 0 spiro atoms. The van der Waals surface area contributed by atoms with Gasteiger partial charge in [-0.15, -0.1) is 12.4 Å². The van der Waals surface area contributed by atoms with Crippen LogP contribution in [0.1, 0.15) is 12.7 Å². The predicted molar refractivity (Wildman–Crippen MR) is 74.9 cm³/mol. The van der Waals surface area contributed by atoms with Gasteiger partial charge < -0.3 is 15.4 Å². The number of rotatable bonds is 5. The van der Waals surface area contributed by atoms with Gasteiger partial charge in [0.1, 0.15) is 0 Å². The van der Waals surface area contributed by atoms with Gasteiger partial charge in [0, 0.05) is 18.0 Å². The molecule has 104 valence electrons. The molecule has 1 aromatic carbocycles. The molecule has 1 heterocycles. The van der Waals surface area contributed by atoms with Crippen LogP contribution in [0.15, 0.2) is 34.9 Å². The zero-order chi connectivity index (χ0) is 13.0. The van der Waals surface area contributed by atoms with E-state index in [1.165, 1.54) is 0 Å². The van der Waals surface area contributed by atoms with Crippen LogP contribution in [0.4, 0.5) is 0 Å². The van der Waals surface area contributed by atoms with Crippen LogP contribution in [0.2, 0.25) is 0 Å². The zero-order valence-corrected chi connectivity index (χ0v) is 11.5. The van der Waals surface area contributed by atoms with E-state index in [1.54, 1.807) is 0 Å². The largest absolute Gasteiger partial charge is 0.395 e. The Hall–Kier alpha value is -1.43. The molecule has 0 fully saturated rings. The van der Waals surface area contributed by atoms with Gasteiger partial charge in [0.2, 0.25) is 0 Å². The molecule has 2 unspecified atom stereocenters. The molecular formula is C13H18ClN3O2. The van der Waals surface area contributed by atoms with Gasteiger partial charge in [-0.25, -0.2) is 0 Å². The molecule has 19 heavy (non-hydrogen) atoms. The van der Waals surface area contributed by atoms with Gasteiger partial charge in [-0.1, -0.05) is 30.3 Å². The van der Waals surface area contributed by atoms with Crippen LogP contribution in [0, 0.1) is 5.92 Å². The van der Waals surface area contributed by atoms with E-state index < -0.39 is 0 Å². The summed E-state index contributed by atoms with van der Waals surface area (Å²) in [7, 11) is 0. The van der Waals surface area contributed by atoms with E-state index in [-0.39, 0.29) is 31.0 Å². The Kier molecular flexibility index (Phi) is 5.95. The second-order valence-electron chi connectivity index (χ2n) is 4.41. The normalized spacial score (nSPS) is 13.6. The third-order valence-corrected chi connectivity index (χ3v) is 2.94. The summed E-state index contributed by atoms with van der Waals surface area (Å²) < 4.78 is 5.20. The van der Waals surface area contributed by atoms with Crippen molar-refractivity contribution in [3.05, 3.63) is 36.2 Å². The first-order chi connectivity index (χ1) is 8.70. The molecule has 2 atom stereocenters. The number of aliphatic hydroxyl groups excluding tert-OH is 1. The lowest BCUT2D eigenvalue weighted by atomic mass is 9.99. The zero-order valence-electron chi connectivity index (χ0n) is 10.7. The van der Waals surface area contributed by atoms with Crippen LogP contribution in [0.5, 0.6) is 0 Å². The maximum Gasteiger partial charge on any atom is 0.257 e. The number of hydrogen-bond acceptors (Lipinski definition) is 5. The van der Waals surface area contributed by atoms with E-state index in [0.717, 1.165) is 5.56 Å². The fourth-order valence-electron chi connectivity index (χ4n) is 1.65. The predicted octanol–water partition coefficient (Wildman–Crippen LogP) is 1.66. The number of aromatic nitrogens is 2. The van der Waals surface area contributed by atoms with Gasteiger partial charge in [0.25, 0.3) is 5.89 Å². The number of nitrogens with zero attached hydrogens (tertiary/aromatic N) is 2. The van der Waals surface area contributed by atoms with E-state index >= 15 is 0 Å². The molecule has 6 heteroatoms. The molecule has 0 saturated heterocycles. The van der Waals surface area contributed by atoms with Crippen LogP contribution < -0.4 is 5.73 Å². The Morgan fingerprint density at radius 3 is 2.63 bits per heavy atom. The third kappa shape index (κ3) is 4.02. The van der Waals surface area contributed by atoms with Gasteiger partial charge in [-0.05, 0) is 18.1 Å². The van der Waals surface area contributed by atoms with Gasteiger partial charge in [0.15, 0.2) is 5.82 Å². The summed E-state index contributed by atoms with van der Waals surface area (Å²) in [6.07, 6.45) is 0.595. The molecule has 0 radical (unpaired) electrons. The highest BCUT2D eigenvalue weighted by Gasteiger charge is 2.16. The van der Waals surface area contributed by atoms with Gasteiger partial charge in [0.05, 0.1) is 6.61 Å². The Morgan fingerprint density at radius 2 is 2.00 bits per heavy atom. The highest BCUT2D eigenvalue weighted by atomic mass is 35.5. The van der Waals surface area contributed by atoms with Crippen molar-refractivity contribution in [3.8, 4) is 11.5 Å². The van der Waals surface area contributed by atoms with Crippen LogP contribution in [0.3, 0.4) is 0 Å². The molecular weight excluding hydrogens is 266 g/mol. The molecule has 2 rings (SSSR count). The third-order valence-electron chi connectivity index (χ3n) is 2.94. The van der Waals surface area contributed by atoms with Crippen LogP contribution >= 0.6 is 12.4 Å². The van der Waals surface area contributed by atoms with E-state index in [0.29, 0.717) is 18.1 Å². The Labute approximate surface area is 118 Å². The Morgan fingerprint density at radius 1 is 1.32 bits per heavy atom. The van der Waals surface area contributed by atoms with Crippen molar-refractivity contribution >= 4 is 12.4 Å². The summed E-state index contributed by atoms with van der Waals surface area (Å²) >= 11 is 0. The van der Waals surface area contributed by atoms with Crippen molar-refractivity contribution < 1.29 is 9.63 Å². The number of hydrogen-bond donors (Lipinski definition) is 2. The highest BCUT2D eigenvalue weighted by Crippen LogP contribution is 2.17. The molecule has 0 aliphatic rings. The monoisotopic (exact) mass is 283 g/mol. The van der Waals surface area contributed by atoms with Crippen molar-refractivity contribution in [2.24, 2.45) is 11.7 Å². The summed E-state index contributed by atoms with van der Waals surface area (Å²) in [6.45, 7) is 1.92. The maximum atomic E-state index is 8.98. The molecule has 5 nitrogen and oxygen atoms in total. The molecule has 0 saturated carbocycles. The fourth-order valence-corrected chi connectivity index (χ4v) is 1.65. The average molecular weight is 284 g/mol. The van der Waals surface area contributed by atoms with Gasteiger partial charge >= 0.3 is 0 Å². The number of aliphatic hydroxyl groups is 1. The SMILES string of the molecule is CC(Cc1noc(-c2ccccc2)n1)C(N)CO.Cl. The first kappa shape index (κ1) is 15.6. The summed E-state index contributed by atoms with van der Waals surface area (Å²) in [5, 5.41) is 12.9. The lowest BCUT2D eigenvalue weighted by Crippen LogP contribution is -2.33. The number of halogens is 1. The van der Waals surface area contributed by atoms with Crippen molar-refractivity contribution in [1.82, 2.24) is 10.1 Å². The lowest BCUT2D eigenvalue weighted by molar-refractivity contribution is 0.230. The van der Waals surface area contributed by atoms with Crippen molar-refractivity contribution in [3.63, 3.8) is 0 Å². The van der Waals surface area contributed by atoms with E-state index in [1.807, 2.05) is 37.3 Å². The lowest BCUT2D eigenvalue weighted by Gasteiger charge is -2.14. The van der Waals surface area contributed by atoms with Crippen LogP contribution in [0.25, 0.3) is 11.5 Å². The van der Waals surface area contributed by atoms with E-state index in [2.05, 4.69) is 10.1 Å². The molecule has 0 bridgehead atoms. The average Bonchev–Trinajstić information content (AvgIpc) is 2.87. The summed E-state index contributed by atoms with van der Waals surface area (Å²) in [6, 6.07) is 9.35. The first-order valence-corrected chi connectivity index (χ1v) is 5.95. The standard InChI is InChI=1S/C13H17N3O2.ClH/c1-9(11(14)8-17)7-12-15-13(18-16-12)10-5-3-2-4-6-10;/h2-6,9,11,17H,7-8,14H2,1H3;1H. The summed E-state index contributed by atoms with van der Waals surface area (Å²) in [5.41, 5.74) is 6.64. The van der Waals surface area contributed by atoms with Gasteiger partial charge in [-0.2, -0.15) is 4.98 Å². The second kappa shape index (κ2) is 7.23. The number of benzene rings is 1. The van der Waals surface area contributed by atoms with Crippen molar-refractivity contribution in [2.75, 3.05) is 6.61 Å². The summed E-state index contributed by atoms with van der Waals surface area (Å²) in [4.78, 5) is 4.32. The highest BCUT2D eigenvalue weighted by molar-refractivity contribution is 5.85. The van der Waals surface area contributed by atoms with E-state index in [9.17, 15) is 0 Å². The second-order valence-corrected chi connectivity index (χ2v) is 4.41. The fraction of sp³-hybridized carbons (Fsp3) is 0.385. The molecule has 0 aliphatic heterocycles.